The van der Waals surface area contributed by atoms with Crippen molar-refractivity contribution in [3.05, 3.63) is 56.7 Å². The topological polar surface area (TPSA) is 17.1 Å². The first-order valence-corrected chi connectivity index (χ1v) is 8.25. The predicted octanol–water partition coefficient (Wildman–Crippen LogP) is 5.21. The Morgan fingerprint density at radius 1 is 1.11 bits per heavy atom. The minimum Gasteiger partial charge on any atom is -0.292 e. The van der Waals surface area contributed by atoms with Gasteiger partial charge in [0.1, 0.15) is 0 Å². The van der Waals surface area contributed by atoms with E-state index in [9.17, 15) is 4.79 Å². The summed E-state index contributed by atoms with van der Waals surface area (Å²) in [6, 6.07) is 12.2. The van der Waals surface area contributed by atoms with E-state index in [0.29, 0.717) is 0 Å². The first kappa shape index (κ1) is 13.1. The summed E-state index contributed by atoms with van der Waals surface area (Å²) in [5.41, 5.74) is 0.882. The number of hydrogen-bond acceptors (Lipinski definition) is 2. The smallest absolute Gasteiger partial charge is 0.184 e. The Labute approximate surface area is 125 Å². The van der Waals surface area contributed by atoms with Gasteiger partial charge in [-0.1, -0.05) is 43.2 Å². The Morgan fingerprint density at radius 3 is 2.37 bits per heavy atom. The fraction of sp³-hybridized carbons (Fsp3) is 0.312. The van der Waals surface area contributed by atoms with Gasteiger partial charge in [-0.15, -0.1) is 11.3 Å². The van der Waals surface area contributed by atoms with Gasteiger partial charge in [0.25, 0.3) is 0 Å². The molecule has 3 rings (SSSR count). The van der Waals surface area contributed by atoms with Crippen LogP contribution in [-0.4, -0.2) is 5.78 Å². The van der Waals surface area contributed by atoms with Crippen molar-refractivity contribution in [2.75, 3.05) is 0 Å². The average molecular weight is 335 g/mol. The number of Topliss-reactive ketones (excluding diaryl/α,β-unsaturated/α-hetero) is 1. The summed E-state index contributed by atoms with van der Waals surface area (Å²) in [5.74, 6) is 0.290. The summed E-state index contributed by atoms with van der Waals surface area (Å²) in [4.78, 5) is 13.9. The van der Waals surface area contributed by atoms with E-state index in [1.165, 1.54) is 5.56 Å². The van der Waals surface area contributed by atoms with Gasteiger partial charge in [0, 0.05) is 4.47 Å². The van der Waals surface area contributed by atoms with Crippen molar-refractivity contribution in [3.8, 4) is 0 Å². The number of halogens is 1. The number of carbonyl (C=O) groups is 1. The molecule has 1 aromatic carbocycles. The van der Waals surface area contributed by atoms with Gasteiger partial charge < -0.3 is 0 Å². The van der Waals surface area contributed by atoms with Gasteiger partial charge in [-0.2, -0.15) is 0 Å². The van der Waals surface area contributed by atoms with Gasteiger partial charge in [0.15, 0.2) is 5.78 Å². The molecule has 98 valence electrons. The summed E-state index contributed by atoms with van der Waals surface area (Å²) < 4.78 is 0.935. The molecule has 1 fully saturated rings. The van der Waals surface area contributed by atoms with Gasteiger partial charge >= 0.3 is 0 Å². The Balaban J connectivity index is 2.07. The summed E-state index contributed by atoms with van der Waals surface area (Å²) in [6.07, 6.45) is 4.23. The van der Waals surface area contributed by atoms with Crippen molar-refractivity contribution in [2.45, 2.75) is 31.1 Å². The number of rotatable bonds is 3. The first-order chi connectivity index (χ1) is 9.24. The van der Waals surface area contributed by atoms with Crippen molar-refractivity contribution in [1.29, 1.82) is 0 Å². The molecule has 0 atom stereocenters. The monoisotopic (exact) mass is 334 g/mol. The standard InChI is InChI=1S/C16H15BrOS/c17-13-8-11-19-14(13)15(18)16(9-4-5-10-16)12-6-2-1-3-7-12/h1-3,6-8,11H,4-5,9-10H2. The number of ketones is 1. The van der Waals surface area contributed by atoms with Crippen LogP contribution in [0, 0.1) is 0 Å². The Bertz CT molecular complexity index is 582. The quantitative estimate of drug-likeness (QED) is 0.704. The molecule has 1 aromatic heterocycles. The molecule has 3 heteroatoms. The van der Waals surface area contributed by atoms with E-state index in [0.717, 1.165) is 35.0 Å². The zero-order valence-electron chi connectivity index (χ0n) is 10.6. The lowest BCUT2D eigenvalue weighted by atomic mass is 9.75. The van der Waals surface area contributed by atoms with E-state index in [2.05, 4.69) is 28.1 Å². The van der Waals surface area contributed by atoms with Crippen LogP contribution in [0.4, 0.5) is 0 Å². The minimum absolute atomic E-state index is 0.290. The van der Waals surface area contributed by atoms with E-state index < -0.39 is 0 Å². The largest absolute Gasteiger partial charge is 0.292 e. The summed E-state index contributed by atoms with van der Waals surface area (Å²) >= 11 is 5.04. The predicted molar refractivity (Wildman–Crippen MR) is 82.9 cm³/mol. The third kappa shape index (κ3) is 2.19. The summed E-state index contributed by atoms with van der Waals surface area (Å²) in [5, 5.41) is 1.98. The van der Waals surface area contributed by atoms with Crippen molar-refractivity contribution in [3.63, 3.8) is 0 Å². The van der Waals surface area contributed by atoms with Gasteiger partial charge in [0.05, 0.1) is 10.3 Å². The molecule has 0 radical (unpaired) electrons. The van der Waals surface area contributed by atoms with Crippen LogP contribution in [0.1, 0.15) is 40.9 Å². The molecule has 0 bridgehead atoms. The molecule has 1 aliphatic rings. The molecule has 0 N–H and O–H groups in total. The molecule has 1 saturated carbocycles. The number of carbonyl (C=O) groups excluding carboxylic acids is 1. The number of benzene rings is 1. The SMILES string of the molecule is O=C(c1sccc1Br)C1(c2ccccc2)CCCC1. The van der Waals surface area contributed by atoms with Gasteiger partial charge in [-0.3, -0.25) is 4.79 Å². The van der Waals surface area contributed by atoms with Crippen LogP contribution in [-0.2, 0) is 5.41 Å². The van der Waals surface area contributed by atoms with Gasteiger partial charge in [-0.25, -0.2) is 0 Å². The minimum atomic E-state index is -0.297. The third-order valence-corrected chi connectivity index (χ3v) is 5.88. The van der Waals surface area contributed by atoms with E-state index in [1.54, 1.807) is 11.3 Å². The van der Waals surface area contributed by atoms with Crippen LogP contribution in [0.5, 0.6) is 0 Å². The molecule has 0 spiro atoms. The number of thiophene rings is 1. The highest BCUT2D eigenvalue weighted by Gasteiger charge is 2.43. The van der Waals surface area contributed by atoms with Crippen molar-refractivity contribution in [2.24, 2.45) is 0 Å². The molecule has 0 amide bonds. The van der Waals surface area contributed by atoms with Crippen molar-refractivity contribution < 1.29 is 4.79 Å². The van der Waals surface area contributed by atoms with E-state index >= 15 is 0 Å². The third-order valence-electron chi connectivity index (χ3n) is 4.04. The van der Waals surface area contributed by atoms with Gasteiger partial charge in [-0.05, 0) is 45.8 Å². The van der Waals surface area contributed by atoms with Crippen LogP contribution >= 0.6 is 27.3 Å². The Hall–Kier alpha value is -0.930. The van der Waals surface area contributed by atoms with Crippen LogP contribution in [0.2, 0.25) is 0 Å². The highest BCUT2D eigenvalue weighted by atomic mass is 79.9. The second-order valence-electron chi connectivity index (χ2n) is 5.08. The van der Waals surface area contributed by atoms with E-state index in [4.69, 9.17) is 0 Å². The van der Waals surface area contributed by atoms with E-state index in [-0.39, 0.29) is 11.2 Å². The second-order valence-corrected chi connectivity index (χ2v) is 6.85. The molecule has 1 heterocycles. The molecule has 19 heavy (non-hydrogen) atoms. The van der Waals surface area contributed by atoms with Crippen LogP contribution in [0.15, 0.2) is 46.3 Å². The highest BCUT2D eigenvalue weighted by molar-refractivity contribution is 9.10. The lowest BCUT2D eigenvalue weighted by molar-refractivity contribution is 0.0889. The zero-order chi connectivity index (χ0) is 13.3. The molecule has 0 aliphatic heterocycles. The lowest BCUT2D eigenvalue weighted by Crippen LogP contribution is -2.32. The van der Waals surface area contributed by atoms with Crippen LogP contribution in [0.25, 0.3) is 0 Å². The highest BCUT2D eigenvalue weighted by Crippen LogP contribution is 2.45. The molecule has 1 nitrogen and oxygen atoms in total. The van der Waals surface area contributed by atoms with E-state index in [1.807, 2.05) is 29.6 Å². The molecule has 2 aromatic rings. The Morgan fingerprint density at radius 2 is 1.79 bits per heavy atom. The fourth-order valence-corrected chi connectivity index (χ4v) is 4.65. The summed E-state index contributed by atoms with van der Waals surface area (Å²) in [7, 11) is 0. The maximum atomic E-state index is 13.0. The van der Waals surface area contributed by atoms with Gasteiger partial charge in [0.2, 0.25) is 0 Å². The maximum absolute atomic E-state index is 13.0. The lowest BCUT2D eigenvalue weighted by Gasteiger charge is -2.27. The molecule has 1 aliphatic carbocycles. The Kier molecular flexibility index (Phi) is 3.59. The number of hydrogen-bond donors (Lipinski definition) is 0. The summed E-state index contributed by atoms with van der Waals surface area (Å²) in [6.45, 7) is 0. The van der Waals surface area contributed by atoms with Crippen LogP contribution in [0.3, 0.4) is 0 Å². The van der Waals surface area contributed by atoms with Crippen LogP contribution < -0.4 is 0 Å². The zero-order valence-corrected chi connectivity index (χ0v) is 13.0. The molecule has 0 saturated heterocycles. The van der Waals surface area contributed by atoms with Crippen molar-refractivity contribution >= 4 is 33.0 Å². The molecular weight excluding hydrogens is 320 g/mol. The first-order valence-electron chi connectivity index (χ1n) is 6.57. The molecular formula is C16H15BrOS. The average Bonchev–Trinajstić information content (AvgIpc) is 3.08. The van der Waals surface area contributed by atoms with Crippen molar-refractivity contribution in [1.82, 2.24) is 0 Å². The maximum Gasteiger partial charge on any atom is 0.184 e. The fourth-order valence-electron chi connectivity index (χ4n) is 3.06. The second kappa shape index (κ2) is 5.22. The molecule has 0 unspecified atom stereocenters. The normalized spacial score (nSPS) is 17.5.